The summed E-state index contributed by atoms with van der Waals surface area (Å²) >= 11 is 0. The Bertz CT molecular complexity index is 1580. The first-order chi connectivity index (χ1) is 18.1. The Kier molecular flexibility index (Phi) is 8.70. The van der Waals surface area contributed by atoms with Gasteiger partial charge in [0, 0.05) is 42.3 Å². The van der Waals surface area contributed by atoms with Crippen molar-refractivity contribution in [2.45, 2.75) is 31.9 Å². The zero-order valence-corrected chi connectivity index (χ0v) is 22.5. The van der Waals surface area contributed by atoms with Gasteiger partial charge in [-0.25, -0.2) is 15.0 Å². The molecule has 0 saturated carbocycles. The number of anilines is 1. The number of carbonyl (C=O) groups excluding carboxylic acids is 1. The number of nitrogens with one attached hydrogen (secondary N) is 2. The highest BCUT2D eigenvalue weighted by molar-refractivity contribution is 5.92. The van der Waals surface area contributed by atoms with Crippen LogP contribution in [0, 0.1) is 0 Å². The van der Waals surface area contributed by atoms with E-state index >= 15 is 0 Å². The van der Waals surface area contributed by atoms with Crippen molar-refractivity contribution in [2.75, 3.05) is 25.6 Å². The number of carbonyl (C=O) groups is 1. The fourth-order valence-electron chi connectivity index (χ4n) is 4.62. The molecule has 39 heavy (non-hydrogen) atoms. The zero-order chi connectivity index (χ0) is 25.4. The first-order valence-electron chi connectivity index (χ1n) is 11.9. The summed E-state index contributed by atoms with van der Waals surface area (Å²) in [6.45, 7) is 1.96. The second-order valence-corrected chi connectivity index (χ2v) is 8.92. The largest absolute Gasteiger partial charge is 0.481 e. The topological polar surface area (TPSA) is 146 Å². The molecule has 0 fully saturated rings. The molecule has 4 aromatic rings. The Morgan fingerprint density at radius 3 is 2.79 bits per heavy atom. The van der Waals surface area contributed by atoms with Crippen molar-refractivity contribution in [3.8, 4) is 11.6 Å². The van der Waals surface area contributed by atoms with E-state index in [1.807, 2.05) is 6.07 Å². The number of methoxy groups -OCH3 is 1. The van der Waals surface area contributed by atoms with Crippen molar-refractivity contribution < 1.29 is 14.3 Å². The first-order valence-corrected chi connectivity index (χ1v) is 11.9. The summed E-state index contributed by atoms with van der Waals surface area (Å²) < 4.78 is 12.6. The van der Waals surface area contributed by atoms with Crippen LogP contribution in [-0.4, -0.2) is 55.7 Å². The molecule has 0 bridgehead atoms. The minimum absolute atomic E-state index is 0. The number of hydrogen-bond acceptors (Lipinski definition) is 10. The van der Waals surface area contributed by atoms with Crippen molar-refractivity contribution in [3.63, 3.8) is 0 Å². The van der Waals surface area contributed by atoms with Crippen LogP contribution in [0.4, 0.5) is 5.82 Å². The minimum Gasteiger partial charge on any atom is -0.481 e. The van der Waals surface area contributed by atoms with Crippen molar-refractivity contribution in [1.82, 2.24) is 34.8 Å². The second-order valence-electron chi connectivity index (χ2n) is 8.92. The van der Waals surface area contributed by atoms with Crippen LogP contribution in [0.3, 0.4) is 0 Å². The lowest BCUT2D eigenvalue weighted by molar-refractivity contribution is -0.116. The monoisotopic (exact) mass is 572 g/mol. The van der Waals surface area contributed by atoms with Gasteiger partial charge in [-0.05, 0) is 18.6 Å². The van der Waals surface area contributed by atoms with E-state index in [0.717, 1.165) is 16.8 Å². The Morgan fingerprint density at radius 2 is 1.95 bits per heavy atom. The van der Waals surface area contributed by atoms with Crippen LogP contribution in [-0.2, 0) is 29.1 Å². The zero-order valence-electron chi connectivity index (χ0n) is 20.9. The van der Waals surface area contributed by atoms with Gasteiger partial charge in [-0.15, -0.1) is 24.8 Å². The molecular weight excluding hydrogens is 547 g/mol. The third-order valence-corrected chi connectivity index (χ3v) is 6.46. The molecule has 2 N–H and O–H groups in total. The van der Waals surface area contributed by atoms with E-state index in [2.05, 4.69) is 30.6 Å². The van der Waals surface area contributed by atoms with Gasteiger partial charge in [0.05, 0.1) is 50.6 Å². The molecule has 2 aliphatic rings. The van der Waals surface area contributed by atoms with Crippen LogP contribution in [0.25, 0.3) is 16.9 Å². The molecule has 1 atom stereocenters. The van der Waals surface area contributed by atoms with Crippen LogP contribution in [0.15, 0.2) is 41.6 Å². The van der Waals surface area contributed by atoms with Crippen molar-refractivity contribution >= 4 is 47.7 Å². The number of pyridine rings is 2. The van der Waals surface area contributed by atoms with Crippen molar-refractivity contribution in [2.24, 2.45) is 0 Å². The summed E-state index contributed by atoms with van der Waals surface area (Å²) in [5, 5.41) is 6.18. The Morgan fingerprint density at radius 1 is 1.08 bits per heavy atom. The van der Waals surface area contributed by atoms with Crippen LogP contribution >= 0.6 is 24.8 Å². The Balaban J connectivity index is 0.00000176. The highest BCUT2D eigenvalue weighted by Gasteiger charge is 2.24. The average molecular weight is 573 g/mol. The van der Waals surface area contributed by atoms with E-state index < -0.39 is 0 Å². The lowest BCUT2D eigenvalue weighted by Crippen LogP contribution is -2.30. The molecule has 0 aromatic carbocycles. The maximum atomic E-state index is 12.8. The van der Waals surface area contributed by atoms with Gasteiger partial charge >= 0.3 is 0 Å². The highest BCUT2D eigenvalue weighted by atomic mass is 35.5. The average Bonchev–Trinajstić information content (AvgIpc) is 2.92. The molecular formula is C25H26Cl2N8O4. The van der Waals surface area contributed by atoms with Crippen molar-refractivity contribution in [3.05, 3.63) is 69.8 Å². The van der Waals surface area contributed by atoms with Gasteiger partial charge in [-0.1, -0.05) is 0 Å². The smallest absolute Gasteiger partial charge is 0.275 e. The molecule has 0 aliphatic carbocycles. The van der Waals surface area contributed by atoms with Gasteiger partial charge in [0.2, 0.25) is 11.8 Å². The number of rotatable bonds is 6. The normalized spacial score (nSPS) is 15.8. The number of amides is 1. The summed E-state index contributed by atoms with van der Waals surface area (Å²) in [5.41, 5.74) is 4.00. The second kappa shape index (κ2) is 12.0. The van der Waals surface area contributed by atoms with E-state index in [9.17, 15) is 9.59 Å². The number of aromatic nitrogens is 6. The predicted octanol–water partition coefficient (Wildman–Crippen LogP) is 2.11. The van der Waals surface area contributed by atoms with Gasteiger partial charge in [0.25, 0.3) is 5.56 Å². The van der Waals surface area contributed by atoms with Crippen molar-refractivity contribution in [1.29, 1.82) is 0 Å². The van der Waals surface area contributed by atoms with Crippen LogP contribution in [0.1, 0.15) is 35.0 Å². The van der Waals surface area contributed by atoms with Gasteiger partial charge < -0.3 is 20.1 Å². The lowest BCUT2D eigenvalue weighted by atomic mass is 9.98. The van der Waals surface area contributed by atoms with E-state index in [1.54, 1.807) is 24.5 Å². The predicted molar refractivity (Wildman–Crippen MR) is 147 cm³/mol. The fraction of sp³-hybridized carbons (Fsp3) is 0.320. The number of ether oxygens (including phenoxy) is 2. The highest BCUT2D eigenvalue weighted by Crippen LogP contribution is 2.27. The molecule has 1 amide bonds. The molecule has 1 unspecified atom stereocenters. The standard InChI is InChI=1S/C25H24N8O4.2ClH/c1-36-21-5-3-18-25(32-21)33(22(35)11-27-18)17-6-15-12-37-13-16(23(15)29-9-17)7-26-10-19-28-8-14-2-4-20(34)31-24(14)30-19;;/h3,5-6,8-9,11,16,26H,2,4,7,10,12-13H2,1H3,(H,28,30,31,34);2*1H. The number of halogens is 2. The third kappa shape index (κ3) is 5.69. The summed E-state index contributed by atoms with van der Waals surface area (Å²) in [6, 6.07) is 5.37. The molecule has 6 heterocycles. The van der Waals surface area contributed by atoms with Crippen LogP contribution in [0.5, 0.6) is 5.88 Å². The molecule has 0 spiro atoms. The number of fused-ring (bicyclic) bond motifs is 3. The Labute approximate surface area is 235 Å². The number of nitrogens with zero attached hydrogens (tertiary/aromatic N) is 6. The Hall–Kier alpha value is -3.71. The minimum atomic E-state index is -0.314. The molecule has 2 aliphatic heterocycles. The number of hydrogen-bond donors (Lipinski definition) is 2. The molecule has 0 radical (unpaired) electrons. The van der Waals surface area contributed by atoms with Gasteiger partial charge in [-0.2, -0.15) is 4.98 Å². The number of aryl methyl sites for hydroxylation is 1. The van der Waals surface area contributed by atoms with Crippen LogP contribution in [0.2, 0.25) is 0 Å². The van der Waals surface area contributed by atoms with E-state index in [-0.39, 0.29) is 42.2 Å². The van der Waals surface area contributed by atoms with Gasteiger partial charge in [-0.3, -0.25) is 19.1 Å². The quantitative estimate of drug-likeness (QED) is 0.352. The summed E-state index contributed by atoms with van der Waals surface area (Å²) in [7, 11) is 1.52. The third-order valence-electron chi connectivity index (χ3n) is 6.46. The van der Waals surface area contributed by atoms with E-state index in [4.69, 9.17) is 14.5 Å². The lowest BCUT2D eigenvalue weighted by Gasteiger charge is -2.25. The molecule has 12 nitrogen and oxygen atoms in total. The molecule has 4 aromatic heterocycles. The van der Waals surface area contributed by atoms with E-state index in [1.165, 1.54) is 17.9 Å². The maximum Gasteiger partial charge on any atom is 0.275 e. The summed E-state index contributed by atoms with van der Waals surface area (Å²) in [6.07, 6.45) is 5.84. The summed E-state index contributed by atoms with van der Waals surface area (Å²) in [5.74, 6) is 1.57. The maximum absolute atomic E-state index is 12.8. The summed E-state index contributed by atoms with van der Waals surface area (Å²) in [4.78, 5) is 46.7. The SMILES string of the molecule is COc1ccc2ncc(=O)n(-c3cnc4c(c3)COCC4CNCc3ncc4c(n3)NC(=O)CC4)c2n1.Cl.Cl. The first kappa shape index (κ1) is 28.3. The molecule has 14 heteroatoms. The van der Waals surface area contributed by atoms with Gasteiger partial charge in [0.15, 0.2) is 5.65 Å². The van der Waals surface area contributed by atoms with Gasteiger partial charge in [0.1, 0.15) is 17.2 Å². The molecule has 0 saturated heterocycles. The molecule has 204 valence electrons. The van der Waals surface area contributed by atoms with E-state index in [0.29, 0.717) is 73.5 Å². The molecule has 6 rings (SSSR count). The van der Waals surface area contributed by atoms with Crippen LogP contribution < -0.4 is 20.9 Å². The fourth-order valence-corrected chi connectivity index (χ4v) is 4.62.